The number of nitrogens with zero attached hydrogens (tertiary/aromatic N) is 2. The second-order valence-electron chi connectivity index (χ2n) is 9.31. The van der Waals surface area contributed by atoms with Crippen LogP contribution in [0.3, 0.4) is 0 Å². The number of ether oxygens (including phenoxy) is 1. The third kappa shape index (κ3) is 6.73. The maximum absolute atomic E-state index is 13.1. The first-order valence-corrected chi connectivity index (χ1v) is 11.9. The van der Waals surface area contributed by atoms with Gasteiger partial charge in [-0.15, -0.1) is 13.2 Å². The monoisotopic (exact) mass is 519 g/mol. The zero-order valence-electron chi connectivity index (χ0n) is 19.8. The predicted molar refractivity (Wildman–Crippen MR) is 120 cm³/mol. The Balaban J connectivity index is 1.63. The number of rotatable bonds is 7. The van der Waals surface area contributed by atoms with E-state index in [0.29, 0.717) is 6.42 Å². The molecule has 202 valence electrons. The molecule has 5 N–H and O–H groups in total. The van der Waals surface area contributed by atoms with E-state index in [-0.39, 0.29) is 57.2 Å². The number of hydrogen-bond donors (Lipinski definition) is 5. The van der Waals surface area contributed by atoms with Gasteiger partial charge in [0.25, 0.3) is 0 Å². The molecule has 6 unspecified atom stereocenters. The van der Waals surface area contributed by atoms with E-state index in [0.717, 1.165) is 4.90 Å². The normalized spacial score (nSPS) is 31.1. The minimum atomic E-state index is -4.90. The highest BCUT2D eigenvalue weighted by atomic mass is 19.4. The summed E-state index contributed by atoms with van der Waals surface area (Å²) in [5, 5.41) is 31.7. The standard InChI is InChI=1S/C22H32F3N5O6/c1-12-16(4-5-18(26)30(12)21(35)27-6-7-31)20(34)28-10-13-2-3-14(8-17(13)36-22(23,24)25)29-11-15(32)9-19(29)33/h4-5,12-17,26,31-32H,2-3,6-11H2,1H3,(H,27,35)(H,28,34). The maximum atomic E-state index is 13.1. The van der Waals surface area contributed by atoms with Crippen molar-refractivity contribution in [1.29, 1.82) is 5.41 Å². The summed E-state index contributed by atoms with van der Waals surface area (Å²) in [7, 11) is 0. The van der Waals surface area contributed by atoms with Crippen LogP contribution >= 0.6 is 0 Å². The number of carbonyl (C=O) groups excluding carboxylic acids is 3. The molecule has 2 fully saturated rings. The minimum absolute atomic E-state index is 0.0266. The number of alkyl halides is 3. The fraction of sp³-hybridized carbons (Fsp3) is 0.727. The summed E-state index contributed by atoms with van der Waals surface area (Å²) in [6, 6.07) is -1.89. The summed E-state index contributed by atoms with van der Waals surface area (Å²) in [4.78, 5) is 39.8. The third-order valence-electron chi connectivity index (χ3n) is 6.86. The summed E-state index contributed by atoms with van der Waals surface area (Å²) in [5.41, 5.74) is 0. The van der Waals surface area contributed by atoms with Gasteiger partial charge in [-0.25, -0.2) is 4.79 Å². The van der Waals surface area contributed by atoms with E-state index in [4.69, 9.17) is 10.5 Å². The first-order chi connectivity index (χ1) is 16.9. The summed E-state index contributed by atoms with van der Waals surface area (Å²) in [6.07, 6.45) is -3.72. The van der Waals surface area contributed by atoms with Gasteiger partial charge in [0, 0.05) is 31.6 Å². The van der Waals surface area contributed by atoms with Crippen molar-refractivity contribution in [2.24, 2.45) is 11.8 Å². The van der Waals surface area contributed by atoms with Crippen LogP contribution in [-0.4, -0.2) is 101 Å². The molecule has 0 aromatic carbocycles. The Morgan fingerprint density at radius 1 is 1.28 bits per heavy atom. The Hall–Kier alpha value is -2.71. The lowest BCUT2D eigenvalue weighted by Gasteiger charge is -2.40. The molecule has 6 atom stereocenters. The topological polar surface area (TPSA) is 155 Å². The average Bonchev–Trinajstić information content (AvgIpc) is 3.13. The van der Waals surface area contributed by atoms with Crippen LogP contribution in [0, 0.1) is 17.2 Å². The van der Waals surface area contributed by atoms with Crippen LogP contribution in [0.4, 0.5) is 18.0 Å². The van der Waals surface area contributed by atoms with E-state index in [2.05, 4.69) is 15.4 Å². The van der Waals surface area contributed by atoms with Gasteiger partial charge < -0.3 is 25.7 Å². The summed E-state index contributed by atoms with van der Waals surface area (Å²) < 4.78 is 43.7. The van der Waals surface area contributed by atoms with Crippen molar-refractivity contribution in [2.75, 3.05) is 26.2 Å². The number of amides is 4. The van der Waals surface area contributed by atoms with Crippen molar-refractivity contribution >= 4 is 23.7 Å². The molecule has 3 aliphatic rings. The van der Waals surface area contributed by atoms with Crippen molar-refractivity contribution in [2.45, 2.75) is 63.3 Å². The molecule has 1 aliphatic carbocycles. The molecule has 36 heavy (non-hydrogen) atoms. The maximum Gasteiger partial charge on any atom is 0.522 e. The number of β-amino-alcohol motifs (C(OH)–C–C–N with tert-alkyl or cyclic N) is 1. The fourth-order valence-corrected chi connectivity index (χ4v) is 5.08. The Kier molecular flexibility index (Phi) is 8.95. The molecule has 1 saturated heterocycles. The van der Waals surface area contributed by atoms with E-state index in [9.17, 15) is 32.7 Å². The van der Waals surface area contributed by atoms with Gasteiger partial charge in [-0.05, 0) is 32.3 Å². The summed E-state index contributed by atoms with van der Waals surface area (Å²) in [5.74, 6) is -2.47. The molecule has 0 aromatic rings. The summed E-state index contributed by atoms with van der Waals surface area (Å²) >= 11 is 0. The SMILES string of the molecule is CC1C(C(=O)NCC2CCC(N3CC(O)CC3=O)CC2OC(F)(F)F)C=CC(=N)N1C(=O)NCCO. The zero-order chi connectivity index (χ0) is 26.6. The van der Waals surface area contributed by atoms with Gasteiger partial charge >= 0.3 is 12.4 Å². The second-order valence-corrected chi connectivity index (χ2v) is 9.31. The molecule has 4 amide bonds. The van der Waals surface area contributed by atoms with Gasteiger partial charge in [0.2, 0.25) is 11.8 Å². The molecule has 2 heterocycles. The van der Waals surface area contributed by atoms with Crippen molar-refractivity contribution in [3.63, 3.8) is 0 Å². The molecule has 2 aliphatic heterocycles. The fourth-order valence-electron chi connectivity index (χ4n) is 5.08. The van der Waals surface area contributed by atoms with Crippen LogP contribution in [0.2, 0.25) is 0 Å². The van der Waals surface area contributed by atoms with Crippen molar-refractivity contribution in [3.05, 3.63) is 12.2 Å². The molecular weight excluding hydrogens is 487 g/mol. The van der Waals surface area contributed by atoms with Gasteiger partial charge in [-0.1, -0.05) is 6.08 Å². The lowest BCUT2D eigenvalue weighted by Crippen LogP contribution is -2.55. The van der Waals surface area contributed by atoms with Crippen molar-refractivity contribution < 1.29 is 42.5 Å². The number of hydrogen-bond acceptors (Lipinski definition) is 7. The highest BCUT2D eigenvalue weighted by molar-refractivity contribution is 6.04. The number of halogens is 3. The van der Waals surface area contributed by atoms with Gasteiger partial charge in [0.15, 0.2) is 0 Å². The number of carbonyl (C=O) groups is 3. The Morgan fingerprint density at radius 3 is 2.61 bits per heavy atom. The Morgan fingerprint density at radius 2 is 2.00 bits per heavy atom. The van der Waals surface area contributed by atoms with Crippen LogP contribution in [0.15, 0.2) is 12.2 Å². The first-order valence-electron chi connectivity index (χ1n) is 11.9. The van der Waals surface area contributed by atoms with E-state index in [1.807, 2.05) is 0 Å². The van der Waals surface area contributed by atoms with Crippen LogP contribution in [0.25, 0.3) is 0 Å². The number of amidine groups is 1. The number of likely N-dealkylation sites (tertiary alicyclic amines) is 1. The lowest BCUT2D eigenvalue weighted by atomic mass is 9.82. The lowest BCUT2D eigenvalue weighted by molar-refractivity contribution is -0.351. The van der Waals surface area contributed by atoms with E-state index in [1.165, 1.54) is 17.1 Å². The quantitative estimate of drug-likeness (QED) is 0.326. The molecule has 0 spiro atoms. The van der Waals surface area contributed by atoms with Crippen LogP contribution in [0.5, 0.6) is 0 Å². The highest BCUT2D eigenvalue weighted by Crippen LogP contribution is 2.35. The van der Waals surface area contributed by atoms with Gasteiger partial charge in [-0.2, -0.15) is 0 Å². The number of nitrogens with one attached hydrogen (secondary N) is 3. The molecule has 3 rings (SSSR count). The van der Waals surface area contributed by atoms with Crippen LogP contribution < -0.4 is 10.6 Å². The number of urea groups is 1. The van der Waals surface area contributed by atoms with E-state index < -0.39 is 54.4 Å². The Bertz CT molecular complexity index is 885. The molecule has 1 saturated carbocycles. The average molecular weight is 520 g/mol. The molecule has 0 bridgehead atoms. The molecule has 0 aromatic heterocycles. The summed E-state index contributed by atoms with van der Waals surface area (Å²) in [6.45, 7) is 1.22. The van der Waals surface area contributed by atoms with E-state index in [1.54, 1.807) is 6.92 Å². The van der Waals surface area contributed by atoms with Crippen molar-refractivity contribution in [3.8, 4) is 0 Å². The predicted octanol–water partition coefficient (Wildman–Crippen LogP) is 0.325. The Labute approximate surface area is 206 Å². The molecule has 11 nitrogen and oxygen atoms in total. The second kappa shape index (κ2) is 11.6. The first kappa shape index (κ1) is 27.9. The number of aliphatic hydroxyl groups excluding tert-OH is 2. The van der Waals surface area contributed by atoms with Crippen LogP contribution in [0.1, 0.15) is 32.6 Å². The smallest absolute Gasteiger partial charge is 0.395 e. The van der Waals surface area contributed by atoms with E-state index >= 15 is 0 Å². The molecule has 0 radical (unpaired) electrons. The van der Waals surface area contributed by atoms with Gasteiger partial charge in [-0.3, -0.25) is 24.6 Å². The highest BCUT2D eigenvalue weighted by Gasteiger charge is 2.44. The largest absolute Gasteiger partial charge is 0.522 e. The minimum Gasteiger partial charge on any atom is -0.395 e. The van der Waals surface area contributed by atoms with Gasteiger partial charge in [0.1, 0.15) is 5.84 Å². The third-order valence-corrected chi connectivity index (χ3v) is 6.86. The zero-order valence-corrected chi connectivity index (χ0v) is 19.8. The van der Waals surface area contributed by atoms with Crippen molar-refractivity contribution in [1.82, 2.24) is 20.4 Å². The number of aliphatic hydroxyl groups is 2. The molecule has 14 heteroatoms. The van der Waals surface area contributed by atoms with Gasteiger partial charge in [0.05, 0.1) is 37.2 Å². The van der Waals surface area contributed by atoms with Crippen LogP contribution in [-0.2, 0) is 14.3 Å². The molecular formula is C22H32F3N5O6.